The van der Waals surface area contributed by atoms with Crippen molar-refractivity contribution in [2.45, 2.75) is 37.4 Å². The van der Waals surface area contributed by atoms with E-state index >= 15 is 0 Å². The maximum Gasteiger partial charge on any atom is 0.252 e. The molecule has 3 atom stereocenters. The summed E-state index contributed by atoms with van der Waals surface area (Å²) >= 11 is 0. The standard InChI is InChI=1S/C26H21N3O4.H2S/c1-25-26(32,12-30)10-18(33-25)28-16-8-4-2-6-13(16)20-21-15(11-27-24(21)31)19-14-7-3-5-9-17(14)29(25)23(19)22(20)28;/h2-9,18,30,32H,10-12H2,1H3,(H,27,31);1H2/t18?,25?,26-;/m0./s1. The molecule has 34 heavy (non-hydrogen) atoms. The van der Waals surface area contributed by atoms with Crippen molar-refractivity contribution < 1.29 is 19.7 Å². The van der Waals surface area contributed by atoms with Crippen molar-refractivity contribution in [3.63, 3.8) is 0 Å². The SMILES string of the molecule is CC12OC(C[C@]1(O)CO)n1c3ccccc3c3c4c(c5c6ccccc6n2c5c31)CNC4=O.S. The number of aromatic nitrogens is 2. The van der Waals surface area contributed by atoms with Gasteiger partial charge in [0.15, 0.2) is 5.72 Å². The average Bonchev–Trinajstić information content (AvgIpc) is 3.51. The number of ether oxygens (including phenoxy) is 1. The number of nitrogens with one attached hydrogen (secondary N) is 1. The largest absolute Gasteiger partial charge is 0.393 e. The predicted molar refractivity (Wildman–Crippen MR) is 134 cm³/mol. The molecule has 0 aliphatic carbocycles. The third-order valence-corrected chi connectivity index (χ3v) is 8.23. The minimum absolute atomic E-state index is 0. The molecule has 1 fully saturated rings. The second kappa shape index (κ2) is 6.14. The molecule has 3 N–H and O–H groups in total. The minimum Gasteiger partial charge on any atom is -0.393 e. The molecule has 0 radical (unpaired) electrons. The molecule has 3 aliphatic rings. The molecule has 2 bridgehead atoms. The Balaban J connectivity index is 0.00000200. The van der Waals surface area contributed by atoms with Gasteiger partial charge in [-0.2, -0.15) is 13.5 Å². The summed E-state index contributed by atoms with van der Waals surface area (Å²) in [7, 11) is 0. The molecule has 0 saturated carbocycles. The van der Waals surface area contributed by atoms with Gasteiger partial charge in [0, 0.05) is 34.5 Å². The average molecular weight is 474 g/mol. The monoisotopic (exact) mass is 473 g/mol. The van der Waals surface area contributed by atoms with Gasteiger partial charge >= 0.3 is 0 Å². The van der Waals surface area contributed by atoms with Crippen molar-refractivity contribution in [2.75, 3.05) is 6.61 Å². The Bertz CT molecular complexity index is 1740. The Kier molecular flexibility index (Phi) is 3.68. The van der Waals surface area contributed by atoms with Crippen molar-refractivity contribution in [1.29, 1.82) is 0 Å². The summed E-state index contributed by atoms with van der Waals surface area (Å²) in [4.78, 5) is 13.2. The summed E-state index contributed by atoms with van der Waals surface area (Å²) in [6, 6.07) is 16.1. The molecule has 7 nitrogen and oxygen atoms in total. The summed E-state index contributed by atoms with van der Waals surface area (Å²) in [6.45, 7) is 1.91. The zero-order valence-corrected chi connectivity index (χ0v) is 19.4. The fraction of sp³-hybridized carbons (Fsp3) is 0.269. The number of carbonyl (C=O) groups excluding carboxylic acids is 1. The second-order valence-corrected chi connectivity index (χ2v) is 9.67. The molecule has 3 aromatic carbocycles. The van der Waals surface area contributed by atoms with E-state index in [1.807, 2.05) is 49.4 Å². The first-order valence-corrected chi connectivity index (χ1v) is 11.3. The van der Waals surface area contributed by atoms with E-state index in [9.17, 15) is 15.0 Å². The summed E-state index contributed by atoms with van der Waals surface area (Å²) in [5.74, 6) is -0.0555. The fourth-order valence-electron chi connectivity index (χ4n) is 6.73. The van der Waals surface area contributed by atoms with Crippen LogP contribution in [0.4, 0.5) is 0 Å². The number of benzene rings is 3. The Morgan fingerprint density at radius 2 is 1.74 bits per heavy atom. The van der Waals surface area contributed by atoms with Crippen molar-refractivity contribution in [1.82, 2.24) is 14.5 Å². The number of rotatable bonds is 1. The molecule has 8 heteroatoms. The lowest BCUT2D eigenvalue weighted by molar-refractivity contribution is -0.189. The first kappa shape index (κ1) is 20.3. The number of hydrogen-bond donors (Lipinski definition) is 3. The molecule has 0 spiro atoms. The van der Waals surface area contributed by atoms with Gasteiger partial charge in [-0.1, -0.05) is 36.4 Å². The quantitative estimate of drug-likeness (QED) is 0.347. The number of amides is 1. The van der Waals surface area contributed by atoms with Crippen LogP contribution < -0.4 is 5.32 Å². The van der Waals surface area contributed by atoms with Gasteiger partial charge in [0.05, 0.1) is 34.2 Å². The molecule has 3 aliphatic heterocycles. The smallest absolute Gasteiger partial charge is 0.252 e. The number of fused-ring (bicyclic) bond motifs is 13. The van der Waals surface area contributed by atoms with Crippen molar-refractivity contribution in [3.8, 4) is 0 Å². The zero-order valence-electron chi connectivity index (χ0n) is 18.4. The summed E-state index contributed by atoms with van der Waals surface area (Å²) < 4.78 is 10.9. The molecular formula is C26H23N3O4S. The number of hydrogen-bond acceptors (Lipinski definition) is 4. The molecule has 8 rings (SSSR count). The predicted octanol–water partition coefficient (Wildman–Crippen LogP) is 3.59. The maximum absolute atomic E-state index is 13.2. The van der Waals surface area contributed by atoms with Crippen LogP contribution in [0.2, 0.25) is 0 Å². The minimum atomic E-state index is -1.48. The normalized spacial score (nSPS) is 27.0. The van der Waals surface area contributed by atoms with Crippen LogP contribution in [0.5, 0.6) is 0 Å². The first-order valence-electron chi connectivity index (χ1n) is 11.3. The Morgan fingerprint density at radius 3 is 2.47 bits per heavy atom. The lowest BCUT2D eigenvalue weighted by atomic mass is 9.89. The van der Waals surface area contributed by atoms with Crippen LogP contribution in [0.3, 0.4) is 0 Å². The van der Waals surface area contributed by atoms with E-state index in [1.54, 1.807) is 0 Å². The number of aliphatic hydroxyl groups excluding tert-OH is 1. The van der Waals surface area contributed by atoms with Crippen LogP contribution in [0.25, 0.3) is 43.6 Å². The molecule has 5 heterocycles. The number of nitrogens with zero attached hydrogens (tertiary/aromatic N) is 2. The topological polar surface area (TPSA) is 88.7 Å². The van der Waals surface area contributed by atoms with Gasteiger partial charge < -0.3 is 29.4 Å². The number of aliphatic hydroxyl groups is 2. The highest BCUT2D eigenvalue weighted by atomic mass is 32.1. The third kappa shape index (κ3) is 1.94. The van der Waals surface area contributed by atoms with E-state index in [4.69, 9.17) is 4.74 Å². The summed E-state index contributed by atoms with van der Waals surface area (Å²) in [6.07, 6.45) is -0.247. The molecule has 172 valence electrons. The lowest BCUT2D eigenvalue weighted by Crippen LogP contribution is -2.53. The number of carbonyl (C=O) groups is 1. The fourth-order valence-corrected chi connectivity index (χ4v) is 6.73. The highest BCUT2D eigenvalue weighted by Crippen LogP contribution is 2.57. The summed E-state index contributed by atoms with van der Waals surface area (Å²) in [5.41, 5.74) is 2.80. The van der Waals surface area contributed by atoms with Gasteiger partial charge in [-0.05, 0) is 24.6 Å². The lowest BCUT2D eigenvalue weighted by Gasteiger charge is -2.38. The van der Waals surface area contributed by atoms with Gasteiger partial charge in [0.25, 0.3) is 5.91 Å². The van der Waals surface area contributed by atoms with Gasteiger partial charge in [0.1, 0.15) is 11.8 Å². The number of para-hydroxylation sites is 2. The van der Waals surface area contributed by atoms with E-state index in [0.29, 0.717) is 6.54 Å². The molecule has 2 aromatic heterocycles. The first-order chi connectivity index (χ1) is 16.0. The highest BCUT2D eigenvalue weighted by Gasteiger charge is 2.60. The van der Waals surface area contributed by atoms with Crippen molar-refractivity contribution in [3.05, 3.63) is 59.7 Å². The van der Waals surface area contributed by atoms with Gasteiger partial charge in [-0.25, -0.2) is 0 Å². The molecular weight excluding hydrogens is 450 g/mol. The summed E-state index contributed by atoms with van der Waals surface area (Å²) in [5, 5.41) is 29.1. The van der Waals surface area contributed by atoms with E-state index in [1.165, 1.54) is 0 Å². The molecule has 2 unspecified atom stereocenters. The van der Waals surface area contributed by atoms with E-state index in [2.05, 4.69) is 20.5 Å². The van der Waals surface area contributed by atoms with E-state index < -0.39 is 24.2 Å². The molecule has 5 aromatic rings. The highest BCUT2D eigenvalue weighted by molar-refractivity contribution is 7.59. The van der Waals surface area contributed by atoms with Gasteiger partial charge in [0.2, 0.25) is 0 Å². The van der Waals surface area contributed by atoms with Gasteiger partial charge in [-0.3, -0.25) is 4.79 Å². The Hall–Kier alpha value is -3.04. The van der Waals surface area contributed by atoms with E-state index in [0.717, 1.165) is 54.7 Å². The van der Waals surface area contributed by atoms with E-state index in [-0.39, 0.29) is 25.8 Å². The molecule has 1 saturated heterocycles. The van der Waals surface area contributed by atoms with Crippen LogP contribution in [-0.2, 0) is 17.0 Å². The van der Waals surface area contributed by atoms with Crippen molar-refractivity contribution in [2.24, 2.45) is 0 Å². The second-order valence-electron chi connectivity index (χ2n) is 9.67. The maximum atomic E-state index is 13.2. The zero-order chi connectivity index (χ0) is 22.3. The van der Waals surface area contributed by atoms with Crippen LogP contribution >= 0.6 is 13.5 Å². The molecule has 1 amide bonds. The van der Waals surface area contributed by atoms with Crippen molar-refractivity contribution >= 4 is 63.0 Å². The Morgan fingerprint density at radius 1 is 1.06 bits per heavy atom. The van der Waals surface area contributed by atoms with Crippen LogP contribution in [0, 0.1) is 0 Å². The van der Waals surface area contributed by atoms with Crippen LogP contribution in [0.15, 0.2) is 48.5 Å². The van der Waals surface area contributed by atoms with Gasteiger partial charge in [-0.15, -0.1) is 0 Å². The Labute approximate surface area is 201 Å². The van der Waals surface area contributed by atoms with Crippen LogP contribution in [-0.4, -0.2) is 37.5 Å². The third-order valence-electron chi connectivity index (χ3n) is 8.23. The van der Waals surface area contributed by atoms with Crippen LogP contribution in [0.1, 0.15) is 35.5 Å².